The number of carbonyl (C=O) groups excluding carboxylic acids is 1. The maximum absolute atomic E-state index is 11.2. The smallest absolute Gasteiger partial charge is 0.337 e. The number of esters is 1. The van der Waals surface area contributed by atoms with Crippen LogP contribution < -0.4 is 5.73 Å². The van der Waals surface area contributed by atoms with E-state index in [0.29, 0.717) is 11.5 Å². The van der Waals surface area contributed by atoms with Crippen molar-refractivity contribution in [3.05, 3.63) is 35.4 Å². The molecule has 3 heteroatoms. The van der Waals surface area contributed by atoms with Gasteiger partial charge >= 0.3 is 5.97 Å². The number of carbonyl (C=O) groups is 1. The van der Waals surface area contributed by atoms with Crippen molar-refractivity contribution >= 4 is 5.97 Å². The lowest BCUT2D eigenvalue weighted by Gasteiger charge is -2.31. The highest BCUT2D eigenvalue weighted by Crippen LogP contribution is 2.36. The van der Waals surface area contributed by atoms with Crippen molar-refractivity contribution < 1.29 is 9.53 Å². The minimum Gasteiger partial charge on any atom is -0.465 e. The van der Waals surface area contributed by atoms with Gasteiger partial charge in [-0.1, -0.05) is 18.6 Å². The van der Waals surface area contributed by atoms with Crippen LogP contribution in [0.2, 0.25) is 0 Å². The lowest BCUT2D eigenvalue weighted by molar-refractivity contribution is 0.0600. The fourth-order valence-electron chi connectivity index (χ4n) is 2.03. The SMILES string of the molecule is COC(=O)c1ccc(C(N)C2CCC2)cc1. The van der Waals surface area contributed by atoms with Gasteiger partial charge in [-0.3, -0.25) is 0 Å². The Bertz CT molecular complexity index is 368. The highest BCUT2D eigenvalue weighted by atomic mass is 16.5. The van der Waals surface area contributed by atoms with E-state index in [1.807, 2.05) is 12.1 Å². The van der Waals surface area contributed by atoms with E-state index in [9.17, 15) is 4.79 Å². The second-order valence-corrected chi connectivity index (χ2v) is 4.33. The normalized spacial score (nSPS) is 17.6. The summed E-state index contributed by atoms with van der Waals surface area (Å²) in [4.78, 5) is 11.2. The number of hydrogen-bond acceptors (Lipinski definition) is 3. The van der Waals surface area contributed by atoms with Crippen molar-refractivity contribution in [2.75, 3.05) is 7.11 Å². The molecule has 0 aromatic heterocycles. The average Bonchev–Trinajstić information content (AvgIpc) is 2.26. The molecule has 16 heavy (non-hydrogen) atoms. The highest BCUT2D eigenvalue weighted by Gasteiger charge is 2.25. The van der Waals surface area contributed by atoms with Crippen molar-refractivity contribution in [2.45, 2.75) is 25.3 Å². The molecule has 0 heterocycles. The third-order valence-electron chi connectivity index (χ3n) is 3.37. The van der Waals surface area contributed by atoms with Gasteiger partial charge in [0, 0.05) is 6.04 Å². The van der Waals surface area contributed by atoms with Crippen molar-refractivity contribution in [2.24, 2.45) is 11.7 Å². The first-order valence-electron chi connectivity index (χ1n) is 5.66. The van der Waals surface area contributed by atoms with Crippen LogP contribution in [0.25, 0.3) is 0 Å². The van der Waals surface area contributed by atoms with Gasteiger partial charge in [-0.15, -0.1) is 0 Å². The summed E-state index contributed by atoms with van der Waals surface area (Å²) in [5, 5.41) is 0. The first-order chi connectivity index (χ1) is 7.72. The molecule has 0 radical (unpaired) electrons. The molecule has 1 aliphatic carbocycles. The minimum absolute atomic E-state index is 0.112. The van der Waals surface area contributed by atoms with Crippen LogP contribution in [0.5, 0.6) is 0 Å². The van der Waals surface area contributed by atoms with Crippen LogP contribution in [0.1, 0.15) is 41.2 Å². The van der Waals surface area contributed by atoms with Gasteiger partial charge in [0.15, 0.2) is 0 Å². The molecule has 0 aliphatic heterocycles. The van der Waals surface area contributed by atoms with Crippen LogP contribution >= 0.6 is 0 Å². The first-order valence-corrected chi connectivity index (χ1v) is 5.66. The summed E-state index contributed by atoms with van der Waals surface area (Å²) < 4.78 is 4.65. The maximum atomic E-state index is 11.2. The summed E-state index contributed by atoms with van der Waals surface area (Å²) in [6, 6.07) is 7.52. The Morgan fingerprint density at radius 2 is 2.00 bits per heavy atom. The molecule has 0 amide bonds. The molecule has 86 valence electrons. The second-order valence-electron chi connectivity index (χ2n) is 4.33. The van der Waals surface area contributed by atoms with Crippen LogP contribution in [-0.4, -0.2) is 13.1 Å². The molecule has 0 bridgehead atoms. The van der Waals surface area contributed by atoms with E-state index in [1.165, 1.54) is 26.4 Å². The maximum Gasteiger partial charge on any atom is 0.337 e. The van der Waals surface area contributed by atoms with E-state index in [2.05, 4.69) is 4.74 Å². The molecule has 0 saturated heterocycles. The number of rotatable bonds is 3. The standard InChI is InChI=1S/C13H17NO2/c1-16-13(15)11-7-5-10(6-8-11)12(14)9-3-2-4-9/h5-9,12H,2-4,14H2,1H3. The van der Waals surface area contributed by atoms with Gasteiger partial charge in [-0.25, -0.2) is 4.79 Å². The van der Waals surface area contributed by atoms with Gasteiger partial charge in [0.2, 0.25) is 0 Å². The first kappa shape index (κ1) is 11.1. The molecule has 1 aliphatic rings. The van der Waals surface area contributed by atoms with Crippen LogP contribution in [0.4, 0.5) is 0 Å². The quantitative estimate of drug-likeness (QED) is 0.793. The van der Waals surface area contributed by atoms with Gasteiger partial charge in [0.25, 0.3) is 0 Å². The zero-order valence-electron chi connectivity index (χ0n) is 9.48. The molecular formula is C13H17NO2. The van der Waals surface area contributed by atoms with Crippen LogP contribution in [-0.2, 0) is 4.74 Å². The van der Waals surface area contributed by atoms with Gasteiger partial charge in [0.1, 0.15) is 0 Å². The number of nitrogens with two attached hydrogens (primary N) is 1. The number of benzene rings is 1. The van der Waals surface area contributed by atoms with E-state index < -0.39 is 0 Å². The molecule has 1 atom stereocenters. The summed E-state index contributed by atoms with van der Waals surface area (Å²) in [5.74, 6) is 0.313. The van der Waals surface area contributed by atoms with Gasteiger partial charge in [-0.05, 0) is 36.5 Å². The number of ether oxygens (including phenoxy) is 1. The Hall–Kier alpha value is -1.35. The van der Waals surface area contributed by atoms with Gasteiger partial charge < -0.3 is 10.5 Å². The Labute approximate surface area is 95.6 Å². The van der Waals surface area contributed by atoms with Gasteiger partial charge in [0.05, 0.1) is 12.7 Å². The fraction of sp³-hybridized carbons (Fsp3) is 0.462. The third kappa shape index (κ3) is 2.09. The molecule has 1 aromatic carbocycles. The largest absolute Gasteiger partial charge is 0.465 e. The Balaban J connectivity index is 2.09. The number of hydrogen-bond donors (Lipinski definition) is 1. The van der Waals surface area contributed by atoms with Gasteiger partial charge in [-0.2, -0.15) is 0 Å². The zero-order chi connectivity index (χ0) is 11.5. The monoisotopic (exact) mass is 219 g/mol. The second kappa shape index (κ2) is 4.66. The summed E-state index contributed by atoms with van der Waals surface area (Å²) >= 11 is 0. The van der Waals surface area contributed by atoms with E-state index >= 15 is 0 Å². The topological polar surface area (TPSA) is 52.3 Å². The lowest BCUT2D eigenvalue weighted by atomic mass is 9.77. The highest BCUT2D eigenvalue weighted by molar-refractivity contribution is 5.89. The van der Waals surface area contributed by atoms with Crippen LogP contribution in [0.3, 0.4) is 0 Å². The van der Waals surface area contributed by atoms with Crippen molar-refractivity contribution in [3.63, 3.8) is 0 Å². The molecule has 1 aromatic rings. The minimum atomic E-state index is -0.302. The Kier molecular flexibility index (Phi) is 3.25. The lowest BCUT2D eigenvalue weighted by Crippen LogP contribution is -2.26. The van der Waals surface area contributed by atoms with E-state index in [4.69, 9.17) is 5.73 Å². The van der Waals surface area contributed by atoms with E-state index in [0.717, 1.165) is 5.56 Å². The van der Waals surface area contributed by atoms with E-state index in [-0.39, 0.29) is 12.0 Å². The predicted octanol–water partition coefficient (Wildman–Crippen LogP) is 2.27. The molecule has 1 fully saturated rings. The average molecular weight is 219 g/mol. The molecule has 1 saturated carbocycles. The van der Waals surface area contributed by atoms with Crippen molar-refractivity contribution in [1.82, 2.24) is 0 Å². The Morgan fingerprint density at radius 3 is 2.44 bits per heavy atom. The van der Waals surface area contributed by atoms with E-state index in [1.54, 1.807) is 12.1 Å². The number of methoxy groups -OCH3 is 1. The summed E-state index contributed by atoms with van der Waals surface area (Å²) in [6.07, 6.45) is 3.73. The summed E-state index contributed by atoms with van der Waals surface area (Å²) in [6.45, 7) is 0. The Morgan fingerprint density at radius 1 is 1.38 bits per heavy atom. The summed E-state index contributed by atoms with van der Waals surface area (Å²) in [5.41, 5.74) is 7.83. The fourth-order valence-corrected chi connectivity index (χ4v) is 2.03. The molecule has 2 N–H and O–H groups in total. The third-order valence-corrected chi connectivity index (χ3v) is 3.37. The van der Waals surface area contributed by atoms with Crippen LogP contribution in [0, 0.1) is 5.92 Å². The summed E-state index contributed by atoms with van der Waals surface area (Å²) in [7, 11) is 1.39. The molecule has 1 unspecified atom stereocenters. The molecule has 2 rings (SSSR count). The predicted molar refractivity (Wildman–Crippen MR) is 62.1 cm³/mol. The van der Waals surface area contributed by atoms with Crippen molar-refractivity contribution in [3.8, 4) is 0 Å². The molecule has 3 nitrogen and oxygen atoms in total. The van der Waals surface area contributed by atoms with Crippen molar-refractivity contribution in [1.29, 1.82) is 0 Å². The zero-order valence-corrected chi connectivity index (χ0v) is 9.48. The van der Waals surface area contributed by atoms with Crippen LogP contribution in [0.15, 0.2) is 24.3 Å². The molecule has 0 spiro atoms. The molecular weight excluding hydrogens is 202 g/mol.